The van der Waals surface area contributed by atoms with Gasteiger partial charge in [0.05, 0.1) is 7.11 Å². The summed E-state index contributed by atoms with van der Waals surface area (Å²) in [6.45, 7) is 3.71. The van der Waals surface area contributed by atoms with E-state index in [1.54, 1.807) is 19.2 Å². The second kappa shape index (κ2) is 6.19. The molecule has 0 saturated heterocycles. The lowest BCUT2D eigenvalue weighted by Gasteiger charge is -2.16. The van der Waals surface area contributed by atoms with E-state index in [4.69, 9.17) is 9.84 Å². The van der Waals surface area contributed by atoms with Crippen LogP contribution in [0.2, 0.25) is 0 Å². The van der Waals surface area contributed by atoms with E-state index in [-0.39, 0.29) is 0 Å². The Morgan fingerprint density at radius 3 is 2.37 bits per heavy atom. The molecule has 0 bridgehead atoms. The summed E-state index contributed by atoms with van der Waals surface area (Å²) < 4.78 is 5.17. The number of carbonyl (C=O) groups is 2. The Kier molecular flexibility index (Phi) is 4.88. The maximum Gasteiger partial charge on any atom is 0.330 e. The van der Waals surface area contributed by atoms with Crippen LogP contribution >= 0.6 is 0 Å². The fraction of sp³-hybridized carbons (Fsp3) is 0.385. The maximum absolute atomic E-state index is 11.8. The van der Waals surface area contributed by atoms with Crippen molar-refractivity contribution in [1.29, 1.82) is 0 Å². The van der Waals surface area contributed by atoms with E-state index in [1.165, 1.54) is 7.05 Å². The summed E-state index contributed by atoms with van der Waals surface area (Å²) in [5.41, 5.74) is 2.31. The molecule has 1 aromatic carbocycles. The average molecular weight is 266 g/mol. The van der Waals surface area contributed by atoms with Crippen molar-refractivity contribution in [2.45, 2.75) is 19.9 Å². The third-order valence-corrected chi connectivity index (χ3v) is 3.01. The number of amides is 1. The fourth-order valence-corrected chi connectivity index (χ4v) is 1.72. The number of methoxy groups -OCH3 is 1. The first-order valence-electron chi connectivity index (χ1n) is 5.77. The van der Waals surface area contributed by atoms with Gasteiger partial charge in [-0.25, -0.2) is 4.79 Å². The van der Waals surface area contributed by atoms with Crippen LogP contribution in [0.15, 0.2) is 12.1 Å². The van der Waals surface area contributed by atoms with Gasteiger partial charge in [-0.1, -0.05) is 0 Å². The number of rotatable bonds is 5. The van der Waals surface area contributed by atoms with Crippen molar-refractivity contribution < 1.29 is 19.4 Å². The van der Waals surface area contributed by atoms with Crippen molar-refractivity contribution in [3.05, 3.63) is 23.3 Å². The van der Waals surface area contributed by atoms with Crippen LogP contribution in [-0.2, 0) is 9.59 Å². The van der Waals surface area contributed by atoms with Crippen LogP contribution in [0.4, 0.5) is 5.69 Å². The topological polar surface area (TPSA) is 87.7 Å². The molecule has 0 aliphatic heterocycles. The van der Waals surface area contributed by atoms with Gasteiger partial charge in [-0.05, 0) is 44.2 Å². The highest BCUT2D eigenvalue weighted by atomic mass is 16.5. The Morgan fingerprint density at radius 1 is 1.26 bits per heavy atom. The Morgan fingerprint density at radius 2 is 1.89 bits per heavy atom. The predicted molar refractivity (Wildman–Crippen MR) is 71.6 cm³/mol. The predicted octanol–water partition coefficient (Wildman–Crippen LogP) is 0.923. The van der Waals surface area contributed by atoms with Gasteiger partial charge in [-0.2, -0.15) is 0 Å². The van der Waals surface area contributed by atoms with E-state index in [0.29, 0.717) is 5.69 Å². The summed E-state index contributed by atoms with van der Waals surface area (Å²) in [7, 11) is 2.99. The third kappa shape index (κ3) is 3.23. The molecule has 3 N–H and O–H groups in total. The van der Waals surface area contributed by atoms with Crippen LogP contribution in [0.1, 0.15) is 11.1 Å². The Balaban J connectivity index is 2.97. The second-order valence-corrected chi connectivity index (χ2v) is 4.11. The zero-order valence-corrected chi connectivity index (χ0v) is 11.4. The summed E-state index contributed by atoms with van der Waals surface area (Å²) in [5, 5.41) is 13.9. The van der Waals surface area contributed by atoms with E-state index in [9.17, 15) is 9.59 Å². The molecule has 0 radical (unpaired) electrons. The summed E-state index contributed by atoms with van der Waals surface area (Å²) in [5.74, 6) is -1.11. The van der Waals surface area contributed by atoms with Crippen molar-refractivity contribution in [2.24, 2.45) is 0 Å². The summed E-state index contributed by atoms with van der Waals surface area (Å²) >= 11 is 0. The smallest absolute Gasteiger partial charge is 0.330 e. The van der Waals surface area contributed by atoms with E-state index in [2.05, 4.69) is 10.6 Å². The number of benzene rings is 1. The number of ether oxygens (including phenoxy) is 1. The molecule has 0 spiro atoms. The number of hydrogen-bond acceptors (Lipinski definition) is 4. The first-order chi connectivity index (χ1) is 8.92. The molecule has 104 valence electrons. The van der Waals surface area contributed by atoms with Crippen LogP contribution < -0.4 is 15.4 Å². The van der Waals surface area contributed by atoms with Gasteiger partial charge >= 0.3 is 5.97 Å². The summed E-state index contributed by atoms with van der Waals surface area (Å²) in [6, 6.07) is 2.14. The van der Waals surface area contributed by atoms with Crippen LogP contribution in [0.5, 0.6) is 5.75 Å². The highest BCUT2D eigenvalue weighted by molar-refractivity contribution is 6.08. The molecule has 1 atom stereocenters. The molecule has 0 aromatic heterocycles. The molecule has 0 aliphatic rings. The number of nitrogens with one attached hydrogen (secondary N) is 2. The van der Waals surface area contributed by atoms with Crippen molar-refractivity contribution in [3.8, 4) is 5.75 Å². The number of anilines is 1. The van der Waals surface area contributed by atoms with Gasteiger partial charge in [0.1, 0.15) is 5.75 Å². The standard InChI is InChI=1S/C13H18N2O4/c1-7-8(2)10(19-4)6-5-9(7)15-12(16)11(14-3)13(17)18/h5-6,11,14H,1-4H3,(H,15,16)(H,17,18). The van der Waals surface area contributed by atoms with Gasteiger partial charge in [-0.15, -0.1) is 0 Å². The summed E-state index contributed by atoms with van der Waals surface area (Å²) in [6.07, 6.45) is 0. The molecule has 6 heteroatoms. The van der Waals surface area contributed by atoms with Gasteiger partial charge < -0.3 is 15.2 Å². The molecular formula is C13H18N2O4. The van der Waals surface area contributed by atoms with Crippen molar-refractivity contribution >= 4 is 17.6 Å². The minimum absolute atomic E-state index is 0.574. The first kappa shape index (κ1) is 15.0. The molecule has 6 nitrogen and oxygen atoms in total. The lowest BCUT2D eigenvalue weighted by atomic mass is 10.1. The molecule has 0 heterocycles. The maximum atomic E-state index is 11.8. The first-order valence-corrected chi connectivity index (χ1v) is 5.77. The minimum atomic E-state index is -1.28. The molecule has 1 unspecified atom stereocenters. The fourth-order valence-electron chi connectivity index (χ4n) is 1.72. The van der Waals surface area contributed by atoms with Gasteiger partial charge in [0.2, 0.25) is 0 Å². The zero-order valence-electron chi connectivity index (χ0n) is 11.4. The Bertz CT molecular complexity index is 500. The Hall–Kier alpha value is -2.08. The van der Waals surface area contributed by atoms with Crippen molar-refractivity contribution in [3.63, 3.8) is 0 Å². The molecule has 19 heavy (non-hydrogen) atoms. The molecular weight excluding hydrogens is 248 g/mol. The highest BCUT2D eigenvalue weighted by Gasteiger charge is 2.24. The molecule has 1 amide bonds. The Labute approximate surface area is 111 Å². The number of aliphatic carboxylic acids is 1. The van der Waals surface area contributed by atoms with Crippen LogP contribution in [0.3, 0.4) is 0 Å². The average Bonchev–Trinajstić information content (AvgIpc) is 2.35. The van der Waals surface area contributed by atoms with E-state index < -0.39 is 17.9 Å². The second-order valence-electron chi connectivity index (χ2n) is 4.11. The van der Waals surface area contributed by atoms with Gasteiger partial charge in [0.15, 0.2) is 6.04 Å². The SMILES string of the molecule is CNC(C(=O)O)C(=O)Nc1ccc(OC)c(C)c1C. The molecule has 1 rings (SSSR count). The van der Waals surface area contributed by atoms with Gasteiger partial charge in [0.25, 0.3) is 5.91 Å². The van der Waals surface area contributed by atoms with Crippen LogP contribution in [0, 0.1) is 13.8 Å². The van der Waals surface area contributed by atoms with Crippen molar-refractivity contribution in [2.75, 3.05) is 19.5 Å². The van der Waals surface area contributed by atoms with Gasteiger partial charge in [0, 0.05) is 5.69 Å². The summed E-state index contributed by atoms with van der Waals surface area (Å²) in [4.78, 5) is 22.7. The lowest BCUT2D eigenvalue weighted by molar-refractivity contribution is -0.142. The minimum Gasteiger partial charge on any atom is -0.496 e. The number of likely N-dealkylation sites (N-methyl/N-ethyl adjacent to an activating group) is 1. The normalized spacial score (nSPS) is 11.8. The van der Waals surface area contributed by atoms with Crippen LogP contribution in [0.25, 0.3) is 0 Å². The zero-order chi connectivity index (χ0) is 14.6. The highest BCUT2D eigenvalue weighted by Crippen LogP contribution is 2.27. The monoisotopic (exact) mass is 266 g/mol. The lowest BCUT2D eigenvalue weighted by Crippen LogP contribution is -2.44. The number of carbonyl (C=O) groups excluding carboxylic acids is 1. The molecule has 0 fully saturated rings. The number of carboxylic acid groups (broad SMARTS) is 1. The molecule has 0 saturated carbocycles. The largest absolute Gasteiger partial charge is 0.496 e. The van der Waals surface area contributed by atoms with Crippen LogP contribution in [-0.4, -0.2) is 37.2 Å². The van der Waals surface area contributed by atoms with E-state index in [1.807, 2.05) is 13.8 Å². The third-order valence-electron chi connectivity index (χ3n) is 3.01. The molecule has 0 aliphatic carbocycles. The van der Waals surface area contributed by atoms with E-state index >= 15 is 0 Å². The van der Waals surface area contributed by atoms with Gasteiger partial charge in [-0.3, -0.25) is 10.1 Å². The number of carboxylic acids is 1. The quantitative estimate of drug-likeness (QED) is 0.690. The molecule has 1 aromatic rings. The van der Waals surface area contributed by atoms with Crippen molar-refractivity contribution in [1.82, 2.24) is 5.32 Å². The number of hydrogen-bond donors (Lipinski definition) is 3. The van der Waals surface area contributed by atoms with E-state index in [0.717, 1.165) is 16.9 Å².